The fraction of sp³-hybridized carbons (Fsp3) is 0.538. The first kappa shape index (κ1) is 11.9. The molecule has 2 rings (SSSR count). The van der Waals surface area contributed by atoms with Gasteiger partial charge >= 0.3 is 0 Å². The van der Waals surface area contributed by atoms with Gasteiger partial charge in [0.2, 0.25) is 0 Å². The first-order valence-electron chi connectivity index (χ1n) is 5.90. The van der Waals surface area contributed by atoms with Crippen LogP contribution < -0.4 is 4.90 Å². The van der Waals surface area contributed by atoms with Crippen LogP contribution in [0.5, 0.6) is 0 Å². The second kappa shape index (κ2) is 4.02. The van der Waals surface area contributed by atoms with Crippen molar-refractivity contribution in [3.63, 3.8) is 0 Å². The molecule has 0 aromatic heterocycles. The summed E-state index contributed by atoms with van der Waals surface area (Å²) in [5.41, 5.74) is 2.25. The van der Waals surface area contributed by atoms with Gasteiger partial charge in [0.25, 0.3) is 5.69 Å². The standard InChI is InChI=1S/C13H18N2O2/c1-10-5-4-6-11(15(16)17)12(10)14-8-7-13(2,3)9-14/h4-6H,7-9H2,1-3H3. The molecular formula is C13H18N2O2. The van der Waals surface area contributed by atoms with Crippen molar-refractivity contribution >= 4 is 11.4 Å². The highest BCUT2D eigenvalue weighted by Crippen LogP contribution is 2.38. The monoisotopic (exact) mass is 234 g/mol. The third-order valence-corrected chi connectivity index (χ3v) is 3.41. The van der Waals surface area contributed by atoms with Crippen molar-refractivity contribution in [2.24, 2.45) is 5.41 Å². The first-order chi connectivity index (χ1) is 7.91. The number of aryl methyl sites for hydroxylation is 1. The van der Waals surface area contributed by atoms with E-state index in [9.17, 15) is 10.1 Å². The summed E-state index contributed by atoms with van der Waals surface area (Å²) in [6, 6.07) is 5.28. The zero-order chi connectivity index (χ0) is 12.6. The number of hydrogen-bond acceptors (Lipinski definition) is 3. The molecule has 1 saturated heterocycles. The molecule has 4 heteroatoms. The van der Waals surface area contributed by atoms with Crippen LogP contribution >= 0.6 is 0 Å². The smallest absolute Gasteiger partial charge is 0.292 e. The van der Waals surface area contributed by atoms with E-state index in [4.69, 9.17) is 0 Å². The van der Waals surface area contributed by atoms with Crippen LogP contribution in [0.4, 0.5) is 11.4 Å². The Bertz CT molecular complexity index is 455. The summed E-state index contributed by atoms with van der Waals surface area (Å²) < 4.78 is 0. The average Bonchev–Trinajstić information content (AvgIpc) is 2.58. The van der Waals surface area contributed by atoms with E-state index in [1.54, 1.807) is 12.1 Å². The number of benzene rings is 1. The van der Waals surface area contributed by atoms with E-state index in [1.165, 1.54) is 0 Å². The number of rotatable bonds is 2. The number of nitro groups is 1. The van der Waals surface area contributed by atoms with Gasteiger partial charge in [-0.1, -0.05) is 26.0 Å². The molecule has 0 N–H and O–H groups in total. The largest absolute Gasteiger partial charge is 0.365 e. The van der Waals surface area contributed by atoms with Crippen LogP contribution in [0, 0.1) is 22.5 Å². The second-order valence-corrected chi connectivity index (χ2v) is 5.54. The number of hydrogen-bond donors (Lipinski definition) is 0. The average molecular weight is 234 g/mol. The summed E-state index contributed by atoms with van der Waals surface area (Å²) >= 11 is 0. The quantitative estimate of drug-likeness (QED) is 0.583. The molecule has 1 fully saturated rings. The Morgan fingerprint density at radius 2 is 2.12 bits per heavy atom. The van der Waals surface area contributed by atoms with E-state index in [1.807, 2.05) is 13.0 Å². The van der Waals surface area contributed by atoms with E-state index in [0.717, 1.165) is 30.8 Å². The van der Waals surface area contributed by atoms with Gasteiger partial charge in [0.05, 0.1) is 4.92 Å². The molecule has 0 amide bonds. The van der Waals surface area contributed by atoms with Gasteiger partial charge in [-0.3, -0.25) is 10.1 Å². The number of para-hydroxylation sites is 1. The Balaban J connectivity index is 2.42. The zero-order valence-corrected chi connectivity index (χ0v) is 10.6. The van der Waals surface area contributed by atoms with Gasteiger partial charge in [-0.15, -0.1) is 0 Å². The van der Waals surface area contributed by atoms with Crippen LogP contribution in [0.1, 0.15) is 25.8 Å². The lowest BCUT2D eigenvalue weighted by Gasteiger charge is -2.22. The Labute approximate surface area is 101 Å². The first-order valence-corrected chi connectivity index (χ1v) is 5.90. The van der Waals surface area contributed by atoms with Crippen LogP contribution in [0.25, 0.3) is 0 Å². The van der Waals surface area contributed by atoms with Crippen molar-refractivity contribution in [3.8, 4) is 0 Å². The zero-order valence-electron chi connectivity index (χ0n) is 10.6. The van der Waals surface area contributed by atoms with Crippen molar-refractivity contribution in [2.75, 3.05) is 18.0 Å². The van der Waals surface area contributed by atoms with Crippen molar-refractivity contribution in [1.82, 2.24) is 0 Å². The minimum atomic E-state index is -0.284. The van der Waals surface area contributed by atoms with Gasteiger partial charge in [-0.25, -0.2) is 0 Å². The normalized spacial score (nSPS) is 18.4. The van der Waals surface area contributed by atoms with Gasteiger partial charge in [-0.2, -0.15) is 0 Å². The molecule has 4 nitrogen and oxygen atoms in total. The molecule has 0 radical (unpaired) electrons. The maximum absolute atomic E-state index is 11.1. The molecule has 0 unspecified atom stereocenters. The predicted molar refractivity (Wildman–Crippen MR) is 68.4 cm³/mol. The maximum atomic E-state index is 11.1. The van der Waals surface area contributed by atoms with E-state index in [-0.39, 0.29) is 16.0 Å². The lowest BCUT2D eigenvalue weighted by Crippen LogP contribution is -2.24. The van der Waals surface area contributed by atoms with E-state index in [2.05, 4.69) is 18.7 Å². The molecule has 1 aliphatic rings. The van der Waals surface area contributed by atoms with Gasteiger partial charge < -0.3 is 4.90 Å². The van der Waals surface area contributed by atoms with Crippen molar-refractivity contribution in [3.05, 3.63) is 33.9 Å². The van der Waals surface area contributed by atoms with Crippen LogP contribution in [-0.2, 0) is 0 Å². The molecule has 1 heterocycles. The van der Waals surface area contributed by atoms with Crippen molar-refractivity contribution in [2.45, 2.75) is 27.2 Å². The molecule has 0 spiro atoms. The summed E-state index contributed by atoms with van der Waals surface area (Å²) in [7, 11) is 0. The summed E-state index contributed by atoms with van der Waals surface area (Å²) in [6.45, 7) is 8.14. The number of nitro benzene ring substituents is 1. The molecule has 1 aliphatic heterocycles. The second-order valence-electron chi connectivity index (χ2n) is 5.54. The molecule has 0 atom stereocenters. The third kappa shape index (κ3) is 2.25. The van der Waals surface area contributed by atoms with Crippen LogP contribution in [-0.4, -0.2) is 18.0 Å². The third-order valence-electron chi connectivity index (χ3n) is 3.41. The molecular weight excluding hydrogens is 216 g/mol. The molecule has 17 heavy (non-hydrogen) atoms. The van der Waals surface area contributed by atoms with E-state index in [0.29, 0.717) is 0 Å². The minimum absolute atomic E-state index is 0.225. The van der Waals surface area contributed by atoms with Crippen molar-refractivity contribution in [1.29, 1.82) is 0 Å². The van der Waals surface area contributed by atoms with Gasteiger partial charge in [0, 0.05) is 19.2 Å². The SMILES string of the molecule is Cc1cccc([N+](=O)[O-])c1N1CCC(C)(C)C1. The van der Waals surface area contributed by atoms with Crippen LogP contribution in [0.15, 0.2) is 18.2 Å². The van der Waals surface area contributed by atoms with Gasteiger partial charge in [-0.05, 0) is 24.3 Å². The Kier molecular flexibility index (Phi) is 2.81. The number of anilines is 1. The molecule has 0 bridgehead atoms. The van der Waals surface area contributed by atoms with Gasteiger partial charge in [0.1, 0.15) is 5.69 Å². The lowest BCUT2D eigenvalue weighted by molar-refractivity contribution is -0.384. The highest BCUT2D eigenvalue weighted by Gasteiger charge is 2.33. The Hall–Kier alpha value is -1.58. The van der Waals surface area contributed by atoms with Crippen LogP contribution in [0.3, 0.4) is 0 Å². The molecule has 0 aliphatic carbocycles. The predicted octanol–water partition coefficient (Wildman–Crippen LogP) is 3.14. The highest BCUT2D eigenvalue weighted by atomic mass is 16.6. The fourth-order valence-corrected chi connectivity index (χ4v) is 2.51. The van der Waals surface area contributed by atoms with Crippen LogP contribution in [0.2, 0.25) is 0 Å². The topological polar surface area (TPSA) is 46.4 Å². The summed E-state index contributed by atoms with van der Waals surface area (Å²) in [5, 5.41) is 11.1. The lowest BCUT2D eigenvalue weighted by atomic mass is 9.93. The fourth-order valence-electron chi connectivity index (χ4n) is 2.51. The molecule has 1 aromatic rings. The van der Waals surface area contributed by atoms with Crippen molar-refractivity contribution < 1.29 is 4.92 Å². The highest BCUT2D eigenvalue weighted by molar-refractivity contribution is 5.68. The Morgan fingerprint density at radius 1 is 1.41 bits per heavy atom. The van der Waals surface area contributed by atoms with E-state index >= 15 is 0 Å². The molecule has 0 saturated carbocycles. The summed E-state index contributed by atoms with van der Waals surface area (Å²) in [5.74, 6) is 0. The summed E-state index contributed by atoms with van der Waals surface area (Å²) in [6.07, 6.45) is 1.08. The molecule has 92 valence electrons. The number of nitrogens with zero attached hydrogens (tertiary/aromatic N) is 2. The maximum Gasteiger partial charge on any atom is 0.292 e. The Morgan fingerprint density at radius 3 is 2.65 bits per heavy atom. The minimum Gasteiger partial charge on any atom is -0.365 e. The van der Waals surface area contributed by atoms with E-state index < -0.39 is 0 Å². The van der Waals surface area contributed by atoms with Gasteiger partial charge in [0.15, 0.2) is 0 Å². The molecule has 1 aromatic carbocycles. The summed E-state index contributed by atoms with van der Waals surface area (Å²) in [4.78, 5) is 12.9.